The minimum Gasteiger partial charge on any atom is -0.390 e. The third-order valence-corrected chi connectivity index (χ3v) is 5.45. The maximum atomic E-state index is 11.8. The van der Waals surface area contributed by atoms with Gasteiger partial charge in [0, 0.05) is 13.0 Å². The molecule has 1 saturated heterocycles. The first-order valence-corrected chi connectivity index (χ1v) is 11.6. The number of hydrogen-bond acceptors (Lipinski definition) is 6. The summed E-state index contributed by atoms with van der Waals surface area (Å²) in [7, 11) is 0. The van der Waals surface area contributed by atoms with Gasteiger partial charge in [0.05, 0.1) is 0 Å². The van der Waals surface area contributed by atoms with Gasteiger partial charge in [0.2, 0.25) is 5.72 Å². The van der Waals surface area contributed by atoms with E-state index < -0.39 is 23.8 Å². The number of nitrogens with one attached hydrogen (secondary N) is 1. The summed E-state index contributed by atoms with van der Waals surface area (Å²) in [6, 6.07) is 0. The molecular formula is C23H41NO5. The lowest BCUT2D eigenvalue weighted by molar-refractivity contribution is -0.183. The molecule has 2 atom stereocenters. The number of carbonyl (C=O) groups excluding carboxylic acids is 2. The van der Waals surface area contributed by atoms with Gasteiger partial charge in [-0.3, -0.25) is 10.1 Å². The number of ether oxygens (including phenoxy) is 1. The lowest BCUT2D eigenvalue weighted by Crippen LogP contribution is -2.55. The molecule has 168 valence electrons. The summed E-state index contributed by atoms with van der Waals surface area (Å²) in [5.74, 6) is -1.76. The third-order valence-electron chi connectivity index (χ3n) is 5.45. The third kappa shape index (κ3) is 10.9. The van der Waals surface area contributed by atoms with Crippen LogP contribution in [0.3, 0.4) is 0 Å². The molecule has 0 spiro atoms. The predicted molar refractivity (Wildman–Crippen MR) is 114 cm³/mol. The largest absolute Gasteiger partial charge is 0.390 e. The second-order valence-corrected chi connectivity index (χ2v) is 8.09. The van der Waals surface area contributed by atoms with Crippen LogP contribution in [0.4, 0.5) is 0 Å². The van der Waals surface area contributed by atoms with Crippen LogP contribution in [-0.4, -0.2) is 40.5 Å². The first kappa shape index (κ1) is 25.8. The van der Waals surface area contributed by atoms with E-state index in [1.165, 1.54) is 44.9 Å². The SMILES string of the molecule is CCCCCCCC/C=C\CCCCCCCC(=O)OC(=O)[C@@]1(O)NCCC1O. The van der Waals surface area contributed by atoms with Gasteiger partial charge >= 0.3 is 11.9 Å². The van der Waals surface area contributed by atoms with Gasteiger partial charge < -0.3 is 14.9 Å². The van der Waals surface area contributed by atoms with E-state index in [2.05, 4.69) is 29.1 Å². The van der Waals surface area contributed by atoms with Crippen molar-refractivity contribution in [3.8, 4) is 0 Å². The van der Waals surface area contributed by atoms with Crippen LogP contribution in [0.1, 0.15) is 103 Å². The van der Waals surface area contributed by atoms with E-state index in [1.807, 2.05) is 0 Å². The van der Waals surface area contributed by atoms with Gasteiger partial charge in [-0.25, -0.2) is 4.79 Å². The number of aliphatic hydroxyl groups is 2. The van der Waals surface area contributed by atoms with Crippen molar-refractivity contribution in [1.82, 2.24) is 5.32 Å². The lowest BCUT2D eigenvalue weighted by Gasteiger charge is -2.23. The summed E-state index contributed by atoms with van der Waals surface area (Å²) in [5.41, 5.74) is -2.15. The average molecular weight is 412 g/mol. The van der Waals surface area contributed by atoms with Crippen LogP contribution in [0.5, 0.6) is 0 Å². The molecule has 0 saturated carbocycles. The minimum atomic E-state index is -2.15. The molecule has 1 aliphatic rings. The van der Waals surface area contributed by atoms with E-state index in [0.29, 0.717) is 13.0 Å². The molecule has 0 aromatic rings. The van der Waals surface area contributed by atoms with Crippen LogP contribution >= 0.6 is 0 Å². The van der Waals surface area contributed by atoms with Crippen LogP contribution in [0.25, 0.3) is 0 Å². The average Bonchev–Trinajstić information content (AvgIpc) is 3.04. The van der Waals surface area contributed by atoms with Crippen molar-refractivity contribution in [2.75, 3.05) is 6.54 Å². The van der Waals surface area contributed by atoms with E-state index in [-0.39, 0.29) is 12.8 Å². The zero-order valence-corrected chi connectivity index (χ0v) is 18.2. The Morgan fingerprint density at radius 1 is 0.966 bits per heavy atom. The molecule has 1 unspecified atom stereocenters. The highest BCUT2D eigenvalue weighted by Gasteiger charge is 2.49. The van der Waals surface area contributed by atoms with Gasteiger partial charge in [0.25, 0.3) is 0 Å². The Labute approximate surface area is 176 Å². The first-order chi connectivity index (χ1) is 14.0. The van der Waals surface area contributed by atoms with Gasteiger partial charge in [0.15, 0.2) is 0 Å². The molecule has 1 heterocycles. The highest BCUT2D eigenvalue weighted by molar-refractivity contribution is 5.90. The van der Waals surface area contributed by atoms with Gasteiger partial charge in [-0.2, -0.15) is 0 Å². The second-order valence-electron chi connectivity index (χ2n) is 8.09. The number of esters is 2. The first-order valence-electron chi connectivity index (χ1n) is 11.6. The molecular weight excluding hydrogens is 370 g/mol. The topological polar surface area (TPSA) is 95.9 Å². The fraction of sp³-hybridized carbons (Fsp3) is 0.826. The molecule has 1 fully saturated rings. The lowest BCUT2D eigenvalue weighted by atomic mass is 10.1. The fourth-order valence-corrected chi connectivity index (χ4v) is 3.51. The Morgan fingerprint density at radius 3 is 2.07 bits per heavy atom. The van der Waals surface area contributed by atoms with Gasteiger partial charge in [-0.1, -0.05) is 70.4 Å². The Bertz CT molecular complexity index is 494. The Hall–Kier alpha value is -1.24. The maximum absolute atomic E-state index is 11.8. The molecule has 0 aliphatic carbocycles. The number of rotatable bonds is 16. The Balaban J connectivity index is 1.92. The predicted octanol–water partition coefficient (Wildman–Crippen LogP) is 4.14. The van der Waals surface area contributed by atoms with E-state index >= 15 is 0 Å². The smallest absolute Gasteiger partial charge is 0.364 e. The van der Waals surface area contributed by atoms with Crippen LogP contribution in [0.15, 0.2) is 12.2 Å². The molecule has 0 radical (unpaired) electrons. The van der Waals surface area contributed by atoms with Crippen molar-refractivity contribution in [2.24, 2.45) is 0 Å². The van der Waals surface area contributed by atoms with Gasteiger partial charge in [-0.05, 0) is 38.5 Å². The molecule has 0 bridgehead atoms. The van der Waals surface area contributed by atoms with E-state index in [1.54, 1.807) is 0 Å². The van der Waals surface area contributed by atoms with Crippen LogP contribution in [0.2, 0.25) is 0 Å². The zero-order chi connectivity index (χ0) is 21.4. The fourth-order valence-electron chi connectivity index (χ4n) is 3.51. The minimum absolute atomic E-state index is 0.149. The zero-order valence-electron chi connectivity index (χ0n) is 18.2. The highest BCUT2D eigenvalue weighted by Crippen LogP contribution is 2.19. The molecule has 0 amide bonds. The van der Waals surface area contributed by atoms with E-state index in [0.717, 1.165) is 32.1 Å². The second kappa shape index (κ2) is 15.6. The molecule has 3 N–H and O–H groups in total. The molecule has 6 heteroatoms. The number of carbonyl (C=O) groups is 2. The number of allylic oxidation sites excluding steroid dienone is 2. The quantitative estimate of drug-likeness (QED) is 0.153. The van der Waals surface area contributed by atoms with E-state index in [9.17, 15) is 19.8 Å². The molecule has 0 aromatic heterocycles. The summed E-state index contributed by atoms with van der Waals surface area (Å²) in [6.45, 7) is 2.54. The van der Waals surface area contributed by atoms with Crippen molar-refractivity contribution in [3.05, 3.63) is 12.2 Å². The van der Waals surface area contributed by atoms with Crippen molar-refractivity contribution in [1.29, 1.82) is 0 Å². The van der Waals surface area contributed by atoms with Gasteiger partial charge in [0.1, 0.15) is 6.10 Å². The standard InChI is InChI=1S/C23H41NO5/c1-2-3-4-5-6-7-8-9-10-11-12-13-14-15-16-17-21(26)29-22(27)23(28)20(25)18-19-24-23/h9-10,20,24-25,28H,2-8,11-19H2,1H3/b10-9-/t20?,23-/m1/s1. The number of hydrogen-bond donors (Lipinski definition) is 3. The molecule has 0 aromatic carbocycles. The Kier molecular flexibility index (Phi) is 13.9. The summed E-state index contributed by atoms with van der Waals surface area (Å²) in [5, 5.41) is 22.1. The summed E-state index contributed by atoms with van der Waals surface area (Å²) in [4.78, 5) is 23.5. The maximum Gasteiger partial charge on any atom is 0.364 e. The van der Waals surface area contributed by atoms with Crippen LogP contribution in [0, 0.1) is 0 Å². The monoisotopic (exact) mass is 411 g/mol. The van der Waals surface area contributed by atoms with Crippen LogP contribution in [-0.2, 0) is 14.3 Å². The van der Waals surface area contributed by atoms with Crippen molar-refractivity contribution in [2.45, 2.75) is 115 Å². The van der Waals surface area contributed by atoms with Crippen molar-refractivity contribution in [3.63, 3.8) is 0 Å². The van der Waals surface area contributed by atoms with Crippen molar-refractivity contribution >= 4 is 11.9 Å². The van der Waals surface area contributed by atoms with E-state index in [4.69, 9.17) is 0 Å². The number of aliphatic hydroxyl groups excluding tert-OH is 1. The van der Waals surface area contributed by atoms with Crippen LogP contribution < -0.4 is 5.32 Å². The molecule has 1 aliphatic heterocycles. The molecule has 6 nitrogen and oxygen atoms in total. The summed E-state index contributed by atoms with van der Waals surface area (Å²) in [6.07, 6.45) is 19.0. The normalized spacial score (nSPS) is 21.7. The highest BCUT2D eigenvalue weighted by atomic mass is 16.6. The summed E-state index contributed by atoms with van der Waals surface area (Å²) < 4.78 is 4.67. The summed E-state index contributed by atoms with van der Waals surface area (Å²) >= 11 is 0. The molecule has 29 heavy (non-hydrogen) atoms. The number of unbranched alkanes of at least 4 members (excludes halogenated alkanes) is 11. The van der Waals surface area contributed by atoms with Crippen molar-refractivity contribution < 1.29 is 24.5 Å². The van der Waals surface area contributed by atoms with Gasteiger partial charge in [-0.15, -0.1) is 0 Å². The Morgan fingerprint density at radius 2 is 1.52 bits per heavy atom. The molecule has 1 rings (SSSR count).